The van der Waals surface area contributed by atoms with E-state index in [1.165, 1.54) is 11.3 Å². The fourth-order valence-corrected chi connectivity index (χ4v) is 5.89. The lowest BCUT2D eigenvalue weighted by Crippen LogP contribution is -2.52. The van der Waals surface area contributed by atoms with Gasteiger partial charge in [0, 0.05) is 43.4 Å². The number of benzene rings is 1. The Morgan fingerprint density at radius 1 is 1.10 bits per heavy atom. The fourth-order valence-electron chi connectivity index (χ4n) is 5.89. The van der Waals surface area contributed by atoms with Gasteiger partial charge < -0.3 is 35.6 Å². The average Bonchev–Trinajstić information content (AvgIpc) is 3.11. The summed E-state index contributed by atoms with van der Waals surface area (Å²) in [6.45, 7) is 12.9. The molecule has 4 heterocycles. The number of fused-ring (bicyclic) bond motifs is 1. The predicted molar refractivity (Wildman–Crippen MR) is 194 cm³/mol. The molecule has 50 heavy (non-hydrogen) atoms. The number of aryl methyl sites for hydroxylation is 1. The van der Waals surface area contributed by atoms with Gasteiger partial charge in [0.2, 0.25) is 5.91 Å². The molecule has 2 aliphatic rings. The van der Waals surface area contributed by atoms with Gasteiger partial charge in [-0.15, -0.1) is 0 Å². The summed E-state index contributed by atoms with van der Waals surface area (Å²) in [5.74, 6) is 2.31. The maximum atomic E-state index is 12.8. The van der Waals surface area contributed by atoms with Crippen molar-refractivity contribution in [3.05, 3.63) is 71.2 Å². The lowest BCUT2D eigenvalue weighted by atomic mass is 9.92. The van der Waals surface area contributed by atoms with Crippen LogP contribution in [0.4, 0.5) is 17.5 Å². The largest absolute Gasteiger partial charge is 0.463 e. The number of likely N-dealkylation sites (N-methyl/N-ethyl adjacent to an activating group) is 1. The molecule has 0 saturated carbocycles. The Hall–Kier alpha value is -4.78. The number of nitrogens with one attached hydrogen (secondary N) is 4. The maximum absolute atomic E-state index is 12.8. The number of rotatable bonds is 12. The van der Waals surface area contributed by atoms with Crippen LogP contribution in [0.5, 0.6) is 0 Å². The highest BCUT2D eigenvalue weighted by atomic mass is 16.6. The molecular weight excluding hydrogens is 636 g/mol. The van der Waals surface area contributed by atoms with E-state index in [0.717, 1.165) is 68.1 Å². The standard InChI is InChI=1S/C29H44N8O3.C8H8O2/c1-18-24(32-16-23(30-6)27(38)35-19(2)28(39)40-29(3,4)5)33-17-34-26(18)37-14-11-20(12-15-37)22-10-9-21-8-7-13-31-25(21)36-22;9-7-10-6-8-4-2-1-3-5-8/h9-10,17,19-20,23,30H,7-8,11-16H2,1-6H3,(H,31,36)(H,35,38)(H,32,33,34);1-5,7H,6H2. The third kappa shape index (κ3) is 11.1. The number of anilines is 3. The molecule has 5 rings (SSSR count). The Balaban J connectivity index is 0.000000482. The first kappa shape index (κ1) is 38.0. The van der Waals surface area contributed by atoms with Gasteiger partial charge in [-0.1, -0.05) is 36.4 Å². The molecular formula is C37H52N8O5. The van der Waals surface area contributed by atoms with E-state index in [1.807, 2.05) is 37.3 Å². The molecule has 2 unspecified atom stereocenters. The smallest absolute Gasteiger partial charge is 0.328 e. The van der Waals surface area contributed by atoms with Gasteiger partial charge >= 0.3 is 5.97 Å². The highest BCUT2D eigenvalue weighted by molar-refractivity contribution is 5.87. The van der Waals surface area contributed by atoms with Crippen molar-refractivity contribution in [2.24, 2.45) is 0 Å². The molecule has 4 N–H and O–H groups in total. The van der Waals surface area contributed by atoms with Crippen molar-refractivity contribution < 1.29 is 23.9 Å². The second-order valence-electron chi connectivity index (χ2n) is 13.6. The third-order valence-electron chi connectivity index (χ3n) is 8.60. The van der Waals surface area contributed by atoms with Gasteiger partial charge in [0.1, 0.15) is 48.1 Å². The lowest BCUT2D eigenvalue weighted by Gasteiger charge is -2.34. The van der Waals surface area contributed by atoms with Crippen LogP contribution < -0.4 is 26.2 Å². The number of esters is 1. The van der Waals surface area contributed by atoms with Crippen LogP contribution >= 0.6 is 0 Å². The summed E-state index contributed by atoms with van der Waals surface area (Å²) >= 11 is 0. The highest BCUT2D eigenvalue weighted by Crippen LogP contribution is 2.33. The van der Waals surface area contributed by atoms with Crippen LogP contribution in [0.3, 0.4) is 0 Å². The van der Waals surface area contributed by atoms with Crippen LogP contribution in [-0.4, -0.2) is 84.2 Å². The molecule has 13 heteroatoms. The van der Waals surface area contributed by atoms with Crippen LogP contribution in [0.2, 0.25) is 0 Å². The van der Waals surface area contributed by atoms with E-state index in [1.54, 1.807) is 41.1 Å². The molecule has 2 aromatic heterocycles. The molecule has 0 radical (unpaired) electrons. The molecule has 2 atom stereocenters. The van der Waals surface area contributed by atoms with Gasteiger partial charge in [-0.2, -0.15) is 0 Å². The summed E-state index contributed by atoms with van der Waals surface area (Å²) in [6.07, 6.45) is 5.85. The van der Waals surface area contributed by atoms with Gasteiger partial charge in [-0.3, -0.25) is 9.59 Å². The second kappa shape index (κ2) is 18.3. The molecule has 1 amide bonds. The maximum Gasteiger partial charge on any atom is 0.328 e. The fraction of sp³-hybridized carbons (Fsp3) is 0.514. The predicted octanol–water partition coefficient (Wildman–Crippen LogP) is 4.13. The minimum absolute atomic E-state index is 0.292. The third-order valence-corrected chi connectivity index (χ3v) is 8.60. The number of hydrogen-bond donors (Lipinski definition) is 4. The van der Waals surface area contributed by atoms with Gasteiger partial charge in [0.05, 0.1) is 0 Å². The molecule has 1 fully saturated rings. The van der Waals surface area contributed by atoms with Crippen LogP contribution in [0, 0.1) is 6.92 Å². The van der Waals surface area contributed by atoms with Crippen LogP contribution in [0.25, 0.3) is 0 Å². The number of amides is 1. The zero-order valence-corrected chi connectivity index (χ0v) is 30.1. The average molecular weight is 689 g/mol. The second-order valence-corrected chi connectivity index (χ2v) is 13.6. The molecule has 2 aliphatic heterocycles. The highest BCUT2D eigenvalue weighted by Gasteiger charge is 2.27. The van der Waals surface area contributed by atoms with Crippen molar-refractivity contribution in [1.82, 2.24) is 25.6 Å². The summed E-state index contributed by atoms with van der Waals surface area (Å²) in [7, 11) is 1.71. The minimum Gasteiger partial charge on any atom is -0.463 e. The van der Waals surface area contributed by atoms with Crippen molar-refractivity contribution in [3.8, 4) is 0 Å². The zero-order chi connectivity index (χ0) is 36.1. The number of piperidine rings is 1. The van der Waals surface area contributed by atoms with Gasteiger partial charge in [0.25, 0.3) is 6.47 Å². The quantitative estimate of drug-likeness (QED) is 0.160. The minimum atomic E-state index is -0.759. The van der Waals surface area contributed by atoms with E-state index in [4.69, 9.17) is 9.72 Å². The Morgan fingerprint density at radius 2 is 1.84 bits per heavy atom. The first-order valence-electron chi connectivity index (χ1n) is 17.3. The summed E-state index contributed by atoms with van der Waals surface area (Å²) in [5.41, 5.74) is 3.82. The molecule has 3 aromatic rings. The Kier molecular flexibility index (Phi) is 13.9. The Morgan fingerprint density at radius 3 is 2.52 bits per heavy atom. The molecule has 0 aliphatic carbocycles. The van der Waals surface area contributed by atoms with Crippen molar-refractivity contribution in [1.29, 1.82) is 0 Å². The normalized spacial score (nSPS) is 15.6. The zero-order valence-electron chi connectivity index (χ0n) is 30.1. The van der Waals surface area contributed by atoms with E-state index in [-0.39, 0.29) is 5.91 Å². The van der Waals surface area contributed by atoms with E-state index >= 15 is 0 Å². The number of carbonyl (C=O) groups is 3. The van der Waals surface area contributed by atoms with Crippen molar-refractivity contribution >= 4 is 35.8 Å². The molecule has 0 bridgehead atoms. The number of nitrogens with zero attached hydrogens (tertiary/aromatic N) is 4. The van der Waals surface area contributed by atoms with Crippen LogP contribution in [-0.2, 0) is 36.9 Å². The Labute approximate surface area is 295 Å². The molecule has 1 aromatic carbocycles. The summed E-state index contributed by atoms with van der Waals surface area (Å²) < 4.78 is 9.90. The first-order chi connectivity index (χ1) is 24.0. The molecule has 13 nitrogen and oxygen atoms in total. The SMILES string of the molecule is CNC(CNc1ncnc(N2CCC(c3ccc4c(n3)NCCC4)CC2)c1C)C(=O)NC(C)C(=O)OC(C)(C)C.O=COCc1ccccc1. The van der Waals surface area contributed by atoms with Crippen molar-refractivity contribution in [3.63, 3.8) is 0 Å². The topological polar surface area (TPSA) is 160 Å². The lowest BCUT2D eigenvalue weighted by molar-refractivity contribution is -0.158. The number of ether oxygens (including phenoxy) is 2. The number of hydrogen-bond acceptors (Lipinski definition) is 12. The van der Waals surface area contributed by atoms with Gasteiger partial charge in [0.15, 0.2) is 0 Å². The monoisotopic (exact) mass is 688 g/mol. The summed E-state index contributed by atoms with van der Waals surface area (Å²) in [6, 6.07) is 12.7. The van der Waals surface area contributed by atoms with Crippen molar-refractivity contribution in [2.75, 3.05) is 48.8 Å². The van der Waals surface area contributed by atoms with Crippen LogP contribution in [0.15, 0.2) is 48.8 Å². The van der Waals surface area contributed by atoms with E-state index < -0.39 is 23.7 Å². The molecule has 1 saturated heterocycles. The van der Waals surface area contributed by atoms with E-state index in [9.17, 15) is 14.4 Å². The number of aromatic nitrogens is 3. The van der Waals surface area contributed by atoms with Gasteiger partial charge in [-0.05, 0) is 84.5 Å². The number of pyridine rings is 1. The van der Waals surface area contributed by atoms with E-state index in [0.29, 0.717) is 31.4 Å². The van der Waals surface area contributed by atoms with Crippen LogP contribution in [0.1, 0.15) is 75.3 Å². The van der Waals surface area contributed by atoms with E-state index in [2.05, 4.69) is 53.0 Å². The molecule has 0 spiro atoms. The molecule has 270 valence electrons. The van der Waals surface area contributed by atoms with Crippen molar-refractivity contribution in [2.45, 2.75) is 90.5 Å². The van der Waals surface area contributed by atoms with Gasteiger partial charge in [-0.25, -0.2) is 19.7 Å². The Bertz CT molecular complexity index is 1560. The number of carbonyl (C=O) groups excluding carboxylic acids is 3. The summed E-state index contributed by atoms with van der Waals surface area (Å²) in [5, 5.41) is 12.5. The summed E-state index contributed by atoms with van der Waals surface area (Å²) in [4.78, 5) is 51.1. The first-order valence-corrected chi connectivity index (χ1v) is 17.3.